The average Bonchev–Trinajstić information content (AvgIpc) is 2.99. The van der Waals surface area contributed by atoms with Crippen LogP contribution in [0.15, 0.2) is 24.5 Å². The van der Waals surface area contributed by atoms with Crippen LogP contribution in [0.5, 0.6) is 11.5 Å². The van der Waals surface area contributed by atoms with Crippen LogP contribution in [-0.4, -0.2) is 34.3 Å². The van der Waals surface area contributed by atoms with Crippen molar-refractivity contribution in [3.8, 4) is 11.5 Å². The molecule has 1 heterocycles. The molecular formula is C14H18N4O3. The normalized spacial score (nSPS) is 10.2. The molecule has 0 saturated heterocycles. The molecular weight excluding hydrogens is 272 g/mol. The molecule has 7 nitrogen and oxygen atoms in total. The van der Waals surface area contributed by atoms with Gasteiger partial charge in [-0.05, 0) is 31.5 Å². The SMILES string of the molecule is CCCOc1ccc(C(=O)Nc2ncn[nH]2)cc1OCC. The minimum absolute atomic E-state index is 0.296. The van der Waals surface area contributed by atoms with Crippen LogP contribution in [0.25, 0.3) is 0 Å². The molecule has 0 aliphatic carbocycles. The number of carbonyl (C=O) groups excluding carboxylic acids is 1. The Balaban J connectivity index is 2.16. The summed E-state index contributed by atoms with van der Waals surface area (Å²) in [7, 11) is 0. The smallest absolute Gasteiger partial charge is 0.258 e. The van der Waals surface area contributed by atoms with Gasteiger partial charge in [0, 0.05) is 5.56 Å². The quantitative estimate of drug-likeness (QED) is 0.816. The molecule has 1 amide bonds. The number of rotatable bonds is 7. The number of aromatic amines is 1. The molecule has 0 aliphatic heterocycles. The molecule has 0 saturated carbocycles. The summed E-state index contributed by atoms with van der Waals surface area (Å²) >= 11 is 0. The van der Waals surface area contributed by atoms with Crippen molar-refractivity contribution in [3.63, 3.8) is 0 Å². The molecule has 2 N–H and O–H groups in total. The zero-order chi connectivity index (χ0) is 15.1. The number of aromatic nitrogens is 3. The lowest BCUT2D eigenvalue weighted by Crippen LogP contribution is -2.13. The van der Waals surface area contributed by atoms with Gasteiger partial charge >= 0.3 is 0 Å². The van der Waals surface area contributed by atoms with E-state index in [1.165, 1.54) is 6.33 Å². The third-order valence-corrected chi connectivity index (χ3v) is 2.61. The fraction of sp³-hybridized carbons (Fsp3) is 0.357. The second-order valence-corrected chi connectivity index (χ2v) is 4.23. The zero-order valence-electron chi connectivity index (χ0n) is 12.0. The summed E-state index contributed by atoms with van der Waals surface area (Å²) in [6.07, 6.45) is 2.22. The predicted octanol–water partition coefficient (Wildman–Crippen LogP) is 2.24. The van der Waals surface area contributed by atoms with Gasteiger partial charge in [0.25, 0.3) is 5.91 Å². The summed E-state index contributed by atoms with van der Waals surface area (Å²) in [5.41, 5.74) is 0.457. The first kappa shape index (κ1) is 14.8. The van der Waals surface area contributed by atoms with Crippen LogP contribution in [0.3, 0.4) is 0 Å². The summed E-state index contributed by atoms with van der Waals surface area (Å²) in [6, 6.07) is 5.06. The molecule has 112 valence electrons. The van der Waals surface area contributed by atoms with E-state index >= 15 is 0 Å². The van der Waals surface area contributed by atoms with Crippen molar-refractivity contribution in [1.82, 2.24) is 15.2 Å². The second kappa shape index (κ2) is 7.28. The number of nitrogens with one attached hydrogen (secondary N) is 2. The van der Waals surface area contributed by atoms with E-state index in [0.29, 0.717) is 36.2 Å². The Morgan fingerprint density at radius 3 is 2.81 bits per heavy atom. The van der Waals surface area contributed by atoms with Crippen molar-refractivity contribution in [2.45, 2.75) is 20.3 Å². The number of hydrogen-bond acceptors (Lipinski definition) is 5. The molecule has 0 radical (unpaired) electrons. The van der Waals surface area contributed by atoms with Gasteiger partial charge in [-0.25, -0.2) is 5.10 Å². The van der Waals surface area contributed by atoms with Crippen LogP contribution in [0.1, 0.15) is 30.6 Å². The standard InChI is InChI=1S/C14H18N4O3/c1-3-7-21-11-6-5-10(8-12(11)20-4-2)13(19)17-14-15-9-16-18-14/h5-6,8-9H,3-4,7H2,1-2H3,(H2,15,16,17,18,19). The Morgan fingerprint density at radius 2 is 2.14 bits per heavy atom. The van der Waals surface area contributed by atoms with Crippen molar-refractivity contribution >= 4 is 11.9 Å². The summed E-state index contributed by atoms with van der Waals surface area (Å²) in [6.45, 7) is 5.00. The summed E-state index contributed by atoms with van der Waals surface area (Å²) < 4.78 is 11.1. The number of hydrogen-bond donors (Lipinski definition) is 2. The second-order valence-electron chi connectivity index (χ2n) is 4.23. The predicted molar refractivity (Wildman–Crippen MR) is 77.7 cm³/mol. The Hall–Kier alpha value is -2.57. The molecule has 1 aromatic carbocycles. The van der Waals surface area contributed by atoms with Gasteiger partial charge in [0.15, 0.2) is 11.5 Å². The highest BCUT2D eigenvalue weighted by Gasteiger charge is 2.12. The number of carbonyl (C=O) groups is 1. The molecule has 7 heteroatoms. The first-order valence-electron chi connectivity index (χ1n) is 6.81. The van der Waals surface area contributed by atoms with Crippen LogP contribution in [0, 0.1) is 0 Å². The van der Waals surface area contributed by atoms with Crippen molar-refractivity contribution in [2.75, 3.05) is 18.5 Å². The third kappa shape index (κ3) is 3.95. The van der Waals surface area contributed by atoms with Gasteiger partial charge < -0.3 is 9.47 Å². The summed E-state index contributed by atoms with van der Waals surface area (Å²) in [5.74, 6) is 1.19. The highest BCUT2D eigenvalue weighted by atomic mass is 16.5. The first-order chi connectivity index (χ1) is 10.2. The molecule has 2 rings (SSSR count). The Bertz CT molecular complexity index is 584. The van der Waals surface area contributed by atoms with Crippen LogP contribution in [0.4, 0.5) is 5.95 Å². The van der Waals surface area contributed by atoms with Crippen LogP contribution in [-0.2, 0) is 0 Å². The number of nitrogens with zero attached hydrogens (tertiary/aromatic N) is 2. The van der Waals surface area contributed by atoms with Crippen molar-refractivity contribution < 1.29 is 14.3 Å². The van der Waals surface area contributed by atoms with Gasteiger partial charge in [-0.3, -0.25) is 10.1 Å². The number of benzene rings is 1. The van der Waals surface area contributed by atoms with Crippen LogP contribution in [0.2, 0.25) is 0 Å². The minimum atomic E-state index is -0.297. The monoisotopic (exact) mass is 290 g/mol. The number of amides is 1. The molecule has 0 aliphatic rings. The van der Waals surface area contributed by atoms with E-state index in [-0.39, 0.29) is 5.91 Å². The third-order valence-electron chi connectivity index (χ3n) is 2.61. The summed E-state index contributed by atoms with van der Waals surface area (Å²) in [4.78, 5) is 15.9. The largest absolute Gasteiger partial charge is 0.490 e. The Kier molecular flexibility index (Phi) is 5.14. The van der Waals surface area contributed by atoms with E-state index < -0.39 is 0 Å². The molecule has 0 unspecified atom stereocenters. The van der Waals surface area contributed by atoms with Crippen molar-refractivity contribution in [1.29, 1.82) is 0 Å². The van der Waals surface area contributed by atoms with E-state index in [4.69, 9.17) is 9.47 Å². The molecule has 0 atom stereocenters. The molecule has 0 spiro atoms. The van der Waals surface area contributed by atoms with E-state index in [1.54, 1.807) is 18.2 Å². The van der Waals surface area contributed by atoms with Crippen molar-refractivity contribution in [2.24, 2.45) is 0 Å². The molecule has 2 aromatic rings. The van der Waals surface area contributed by atoms with Crippen LogP contribution >= 0.6 is 0 Å². The van der Waals surface area contributed by atoms with Gasteiger partial charge in [-0.15, -0.1) is 0 Å². The van der Waals surface area contributed by atoms with E-state index in [0.717, 1.165) is 6.42 Å². The Morgan fingerprint density at radius 1 is 1.29 bits per heavy atom. The lowest BCUT2D eigenvalue weighted by Gasteiger charge is -2.12. The van der Waals surface area contributed by atoms with Crippen LogP contribution < -0.4 is 14.8 Å². The maximum absolute atomic E-state index is 12.1. The van der Waals surface area contributed by atoms with E-state index in [2.05, 4.69) is 20.5 Å². The fourth-order valence-corrected chi connectivity index (χ4v) is 1.69. The Labute approximate surface area is 122 Å². The molecule has 21 heavy (non-hydrogen) atoms. The maximum Gasteiger partial charge on any atom is 0.258 e. The first-order valence-corrected chi connectivity index (χ1v) is 6.81. The number of H-pyrrole nitrogens is 1. The van der Waals surface area contributed by atoms with Gasteiger partial charge in [0.05, 0.1) is 13.2 Å². The van der Waals surface area contributed by atoms with Gasteiger partial charge in [-0.1, -0.05) is 6.92 Å². The highest BCUT2D eigenvalue weighted by Crippen LogP contribution is 2.28. The number of anilines is 1. The van der Waals surface area contributed by atoms with E-state index in [9.17, 15) is 4.79 Å². The fourth-order valence-electron chi connectivity index (χ4n) is 1.69. The lowest BCUT2D eigenvalue weighted by molar-refractivity contribution is 0.102. The van der Waals surface area contributed by atoms with Crippen molar-refractivity contribution in [3.05, 3.63) is 30.1 Å². The average molecular weight is 290 g/mol. The minimum Gasteiger partial charge on any atom is -0.490 e. The van der Waals surface area contributed by atoms with Gasteiger partial charge in [0.2, 0.25) is 5.95 Å². The number of ether oxygens (including phenoxy) is 2. The van der Waals surface area contributed by atoms with Gasteiger partial charge in [-0.2, -0.15) is 10.1 Å². The zero-order valence-corrected chi connectivity index (χ0v) is 12.0. The van der Waals surface area contributed by atoms with E-state index in [1.807, 2.05) is 13.8 Å². The molecule has 0 bridgehead atoms. The summed E-state index contributed by atoms with van der Waals surface area (Å²) in [5, 5.41) is 8.84. The highest BCUT2D eigenvalue weighted by molar-refractivity contribution is 6.03. The molecule has 0 fully saturated rings. The molecule has 1 aromatic heterocycles. The maximum atomic E-state index is 12.1. The topological polar surface area (TPSA) is 89.1 Å². The lowest BCUT2D eigenvalue weighted by atomic mass is 10.2. The van der Waals surface area contributed by atoms with Gasteiger partial charge in [0.1, 0.15) is 6.33 Å².